The van der Waals surface area contributed by atoms with E-state index >= 15 is 0 Å². The minimum Gasteiger partial charge on any atom is -0.387 e. The van der Waals surface area contributed by atoms with Gasteiger partial charge in [0.25, 0.3) is 5.91 Å². The van der Waals surface area contributed by atoms with Crippen LogP contribution in [0.25, 0.3) is 11.0 Å². The molecule has 1 atom stereocenters. The Morgan fingerprint density at radius 3 is 2.33 bits per heavy atom. The Hall–Kier alpha value is -3.65. The standard InChI is InChI=1S/C25H22F3N3O2/c26-25(27,28)19-12-10-17(11-13-19)22(32)16-31-21-9-5-4-8-20(21)30-23(31)14-15-29-24(33)18-6-2-1-3-7-18/h1-13,22,32H,14-16H2,(H,29,33). The van der Waals surface area contributed by atoms with E-state index in [1.807, 2.05) is 34.9 Å². The molecule has 2 N–H and O–H groups in total. The number of halogens is 3. The highest BCUT2D eigenvalue weighted by molar-refractivity contribution is 5.94. The summed E-state index contributed by atoms with van der Waals surface area (Å²) in [6.07, 6.45) is -5.03. The number of fused-ring (bicyclic) bond motifs is 1. The summed E-state index contributed by atoms with van der Waals surface area (Å²) >= 11 is 0. The monoisotopic (exact) mass is 453 g/mol. The lowest BCUT2D eigenvalue weighted by Crippen LogP contribution is -2.26. The van der Waals surface area contributed by atoms with Crippen LogP contribution in [0.1, 0.15) is 33.4 Å². The molecule has 1 aromatic heterocycles. The van der Waals surface area contributed by atoms with Crippen LogP contribution in [0.3, 0.4) is 0 Å². The lowest BCUT2D eigenvalue weighted by atomic mass is 10.1. The molecule has 1 heterocycles. The molecule has 0 radical (unpaired) electrons. The number of imidazole rings is 1. The van der Waals surface area contributed by atoms with Crippen LogP contribution in [0.4, 0.5) is 13.2 Å². The van der Waals surface area contributed by atoms with Crippen molar-refractivity contribution in [1.29, 1.82) is 0 Å². The van der Waals surface area contributed by atoms with Gasteiger partial charge >= 0.3 is 6.18 Å². The molecule has 0 saturated carbocycles. The lowest BCUT2D eigenvalue weighted by molar-refractivity contribution is -0.137. The van der Waals surface area contributed by atoms with Gasteiger partial charge in [-0.05, 0) is 42.0 Å². The van der Waals surface area contributed by atoms with Gasteiger partial charge in [-0.1, -0.05) is 42.5 Å². The number of nitrogens with zero attached hydrogens (tertiary/aromatic N) is 2. The van der Waals surface area contributed by atoms with Crippen LogP contribution in [0.15, 0.2) is 78.9 Å². The van der Waals surface area contributed by atoms with Crippen LogP contribution in [-0.4, -0.2) is 27.1 Å². The molecule has 4 rings (SSSR count). The fourth-order valence-corrected chi connectivity index (χ4v) is 3.67. The highest BCUT2D eigenvalue weighted by Gasteiger charge is 2.30. The zero-order chi connectivity index (χ0) is 23.4. The number of aromatic nitrogens is 2. The van der Waals surface area contributed by atoms with E-state index in [1.165, 1.54) is 12.1 Å². The zero-order valence-electron chi connectivity index (χ0n) is 17.6. The number of aliphatic hydroxyl groups is 1. The molecule has 1 amide bonds. The molecule has 0 saturated heterocycles. The minimum atomic E-state index is -4.43. The maximum Gasteiger partial charge on any atom is 0.416 e. The third kappa shape index (κ3) is 5.23. The van der Waals surface area contributed by atoms with Crippen molar-refractivity contribution in [2.45, 2.75) is 25.2 Å². The molecule has 0 bridgehead atoms. The lowest BCUT2D eigenvalue weighted by Gasteiger charge is -2.16. The average Bonchev–Trinajstić information content (AvgIpc) is 3.16. The number of amides is 1. The Balaban J connectivity index is 1.50. The van der Waals surface area contributed by atoms with Gasteiger partial charge in [0.15, 0.2) is 0 Å². The molecule has 33 heavy (non-hydrogen) atoms. The van der Waals surface area contributed by atoms with Gasteiger partial charge < -0.3 is 15.0 Å². The summed E-state index contributed by atoms with van der Waals surface area (Å²) in [7, 11) is 0. The number of carbonyl (C=O) groups excluding carboxylic acids is 1. The van der Waals surface area contributed by atoms with Crippen molar-refractivity contribution in [3.05, 3.63) is 101 Å². The van der Waals surface area contributed by atoms with E-state index in [4.69, 9.17) is 0 Å². The van der Waals surface area contributed by atoms with Crippen LogP contribution >= 0.6 is 0 Å². The van der Waals surface area contributed by atoms with Crippen LogP contribution in [0, 0.1) is 0 Å². The Kier molecular flexibility index (Phi) is 6.46. The maximum absolute atomic E-state index is 12.8. The normalized spacial score (nSPS) is 12.6. The first-order chi connectivity index (χ1) is 15.8. The third-order valence-electron chi connectivity index (χ3n) is 5.38. The number of hydrogen-bond donors (Lipinski definition) is 2. The van der Waals surface area contributed by atoms with Gasteiger partial charge in [0.05, 0.1) is 29.2 Å². The van der Waals surface area contributed by atoms with E-state index in [2.05, 4.69) is 10.3 Å². The van der Waals surface area contributed by atoms with Gasteiger partial charge in [-0.2, -0.15) is 13.2 Å². The number of alkyl halides is 3. The van der Waals surface area contributed by atoms with E-state index < -0.39 is 17.8 Å². The van der Waals surface area contributed by atoms with Gasteiger partial charge in [-0.3, -0.25) is 4.79 Å². The molecule has 0 aliphatic rings. The van der Waals surface area contributed by atoms with Crippen molar-refractivity contribution in [2.24, 2.45) is 0 Å². The number of para-hydroxylation sites is 2. The summed E-state index contributed by atoms with van der Waals surface area (Å²) in [6, 6.07) is 20.8. The van der Waals surface area contributed by atoms with Crippen LogP contribution in [-0.2, 0) is 19.1 Å². The molecular weight excluding hydrogens is 431 g/mol. The van der Waals surface area contributed by atoms with Crippen LogP contribution in [0.2, 0.25) is 0 Å². The molecule has 4 aromatic rings. The number of hydrogen-bond acceptors (Lipinski definition) is 3. The first-order valence-electron chi connectivity index (χ1n) is 10.5. The van der Waals surface area contributed by atoms with E-state index in [9.17, 15) is 23.1 Å². The average molecular weight is 453 g/mol. The molecular formula is C25H22F3N3O2. The topological polar surface area (TPSA) is 67.2 Å². The quantitative estimate of drug-likeness (QED) is 0.424. The Bertz CT molecular complexity index is 1240. The molecule has 5 nitrogen and oxygen atoms in total. The number of carbonyl (C=O) groups is 1. The molecule has 3 aromatic carbocycles. The van der Waals surface area contributed by atoms with Gasteiger partial charge in [0, 0.05) is 18.5 Å². The number of rotatable bonds is 7. The Morgan fingerprint density at radius 1 is 0.970 bits per heavy atom. The summed E-state index contributed by atoms with van der Waals surface area (Å²) < 4.78 is 40.3. The Morgan fingerprint density at radius 2 is 1.64 bits per heavy atom. The number of benzene rings is 3. The van der Waals surface area contributed by atoms with Crippen molar-refractivity contribution >= 4 is 16.9 Å². The molecule has 1 unspecified atom stereocenters. The van der Waals surface area contributed by atoms with E-state index in [1.54, 1.807) is 24.3 Å². The second-order valence-corrected chi connectivity index (χ2v) is 7.63. The summed E-state index contributed by atoms with van der Waals surface area (Å²) in [4.78, 5) is 16.9. The first kappa shape index (κ1) is 22.5. The number of nitrogens with one attached hydrogen (secondary N) is 1. The maximum atomic E-state index is 12.8. The third-order valence-corrected chi connectivity index (χ3v) is 5.38. The van der Waals surface area contributed by atoms with Crippen molar-refractivity contribution in [2.75, 3.05) is 6.54 Å². The zero-order valence-corrected chi connectivity index (χ0v) is 17.6. The van der Waals surface area contributed by atoms with Crippen LogP contribution < -0.4 is 5.32 Å². The SMILES string of the molecule is O=C(NCCc1nc2ccccc2n1CC(O)c1ccc(C(F)(F)F)cc1)c1ccccc1. The predicted molar refractivity (Wildman–Crippen MR) is 119 cm³/mol. The fraction of sp³-hybridized carbons (Fsp3) is 0.200. The molecule has 170 valence electrons. The van der Waals surface area contributed by atoms with Crippen molar-refractivity contribution in [3.63, 3.8) is 0 Å². The summed E-state index contributed by atoms with van der Waals surface area (Å²) in [6.45, 7) is 0.460. The van der Waals surface area contributed by atoms with Crippen molar-refractivity contribution in [1.82, 2.24) is 14.9 Å². The van der Waals surface area contributed by atoms with Crippen molar-refractivity contribution < 1.29 is 23.1 Å². The smallest absolute Gasteiger partial charge is 0.387 e. The highest BCUT2D eigenvalue weighted by Crippen LogP contribution is 2.30. The molecule has 0 aliphatic heterocycles. The summed E-state index contributed by atoms with van der Waals surface area (Å²) in [5.74, 6) is 0.471. The second kappa shape index (κ2) is 9.46. The van der Waals surface area contributed by atoms with Crippen molar-refractivity contribution in [3.8, 4) is 0 Å². The van der Waals surface area contributed by atoms with Gasteiger partial charge in [-0.15, -0.1) is 0 Å². The summed E-state index contributed by atoms with van der Waals surface area (Å²) in [5.41, 5.74) is 1.71. The van der Waals surface area contributed by atoms with E-state index in [0.29, 0.717) is 29.9 Å². The van der Waals surface area contributed by atoms with Gasteiger partial charge in [-0.25, -0.2) is 4.98 Å². The Labute approximate surface area is 188 Å². The molecule has 8 heteroatoms. The summed E-state index contributed by atoms with van der Waals surface area (Å²) in [5, 5.41) is 13.6. The highest BCUT2D eigenvalue weighted by atomic mass is 19.4. The molecule has 0 spiro atoms. The number of aliphatic hydroxyl groups excluding tert-OH is 1. The fourth-order valence-electron chi connectivity index (χ4n) is 3.67. The predicted octanol–water partition coefficient (Wildman–Crippen LogP) is 4.76. The molecule has 0 aliphatic carbocycles. The van der Waals surface area contributed by atoms with E-state index in [-0.39, 0.29) is 12.5 Å². The van der Waals surface area contributed by atoms with Gasteiger partial charge in [0.2, 0.25) is 0 Å². The largest absolute Gasteiger partial charge is 0.416 e. The molecule has 0 fully saturated rings. The minimum absolute atomic E-state index is 0.119. The van der Waals surface area contributed by atoms with Gasteiger partial charge in [0.1, 0.15) is 5.82 Å². The first-order valence-corrected chi connectivity index (χ1v) is 10.5. The van der Waals surface area contributed by atoms with E-state index in [0.717, 1.165) is 23.2 Å². The second-order valence-electron chi connectivity index (χ2n) is 7.63. The van der Waals surface area contributed by atoms with Crippen LogP contribution in [0.5, 0.6) is 0 Å².